The SMILES string of the molecule is CCCCC(C)C(=O)NCc1ccc(-c2scnc2C)cc1. The first kappa shape index (κ1) is 16.7. The van der Waals surface area contributed by atoms with Gasteiger partial charge in [-0.25, -0.2) is 4.98 Å². The number of unbranched alkanes of at least 4 members (excludes halogenated alkanes) is 1. The second kappa shape index (κ2) is 8.08. The van der Waals surface area contributed by atoms with Crippen LogP contribution >= 0.6 is 11.3 Å². The van der Waals surface area contributed by atoms with Crippen LogP contribution in [0.5, 0.6) is 0 Å². The van der Waals surface area contributed by atoms with Crippen molar-refractivity contribution in [2.24, 2.45) is 5.92 Å². The Kier molecular flexibility index (Phi) is 6.13. The van der Waals surface area contributed by atoms with Gasteiger partial charge in [-0.2, -0.15) is 0 Å². The standard InChI is InChI=1S/C18H24N2OS/c1-4-5-6-13(2)18(21)19-11-15-7-9-16(10-8-15)17-14(3)20-12-22-17/h7-10,12-13H,4-6,11H2,1-3H3,(H,19,21). The Morgan fingerprint density at radius 2 is 2.05 bits per heavy atom. The maximum Gasteiger partial charge on any atom is 0.223 e. The molecule has 0 saturated carbocycles. The maximum absolute atomic E-state index is 12.0. The molecule has 1 unspecified atom stereocenters. The number of carbonyl (C=O) groups excluding carboxylic acids is 1. The fourth-order valence-electron chi connectivity index (χ4n) is 2.36. The van der Waals surface area contributed by atoms with E-state index in [4.69, 9.17) is 0 Å². The molecule has 1 aromatic heterocycles. The summed E-state index contributed by atoms with van der Waals surface area (Å²) >= 11 is 1.66. The Hall–Kier alpha value is -1.68. The van der Waals surface area contributed by atoms with Gasteiger partial charge in [0.2, 0.25) is 5.91 Å². The third-order valence-corrected chi connectivity index (χ3v) is 4.84. The normalized spacial score (nSPS) is 12.1. The van der Waals surface area contributed by atoms with Crippen LogP contribution in [0.1, 0.15) is 44.4 Å². The van der Waals surface area contributed by atoms with Gasteiger partial charge in [0.1, 0.15) is 0 Å². The molecule has 3 nitrogen and oxygen atoms in total. The van der Waals surface area contributed by atoms with Crippen LogP contribution in [-0.4, -0.2) is 10.9 Å². The first-order chi connectivity index (χ1) is 10.6. The molecule has 1 amide bonds. The quantitative estimate of drug-likeness (QED) is 0.813. The van der Waals surface area contributed by atoms with Gasteiger partial charge in [-0.15, -0.1) is 11.3 Å². The fraction of sp³-hybridized carbons (Fsp3) is 0.444. The van der Waals surface area contributed by atoms with Crippen molar-refractivity contribution in [3.63, 3.8) is 0 Å². The highest BCUT2D eigenvalue weighted by molar-refractivity contribution is 7.13. The molecule has 22 heavy (non-hydrogen) atoms. The number of aryl methyl sites for hydroxylation is 1. The van der Waals surface area contributed by atoms with Crippen molar-refractivity contribution in [3.05, 3.63) is 41.0 Å². The van der Waals surface area contributed by atoms with Crippen molar-refractivity contribution in [1.82, 2.24) is 10.3 Å². The topological polar surface area (TPSA) is 42.0 Å². The molecule has 2 aromatic rings. The summed E-state index contributed by atoms with van der Waals surface area (Å²) in [6, 6.07) is 8.35. The van der Waals surface area contributed by atoms with E-state index >= 15 is 0 Å². The van der Waals surface area contributed by atoms with Crippen LogP contribution in [0.25, 0.3) is 10.4 Å². The maximum atomic E-state index is 12.0. The van der Waals surface area contributed by atoms with Gasteiger partial charge in [0, 0.05) is 12.5 Å². The molecule has 0 spiro atoms. The molecule has 1 atom stereocenters. The predicted molar refractivity (Wildman–Crippen MR) is 92.8 cm³/mol. The molecule has 0 aliphatic heterocycles. The second-order valence-corrected chi connectivity index (χ2v) is 6.58. The minimum absolute atomic E-state index is 0.0964. The minimum atomic E-state index is 0.0964. The van der Waals surface area contributed by atoms with Crippen LogP contribution in [0.2, 0.25) is 0 Å². The predicted octanol–water partition coefficient (Wildman–Crippen LogP) is 4.56. The zero-order valence-corrected chi connectivity index (χ0v) is 14.4. The Bertz CT molecular complexity index is 604. The molecule has 0 aliphatic carbocycles. The summed E-state index contributed by atoms with van der Waals surface area (Å²) in [6.07, 6.45) is 3.21. The molecule has 1 aromatic carbocycles. The van der Waals surface area contributed by atoms with Crippen molar-refractivity contribution < 1.29 is 4.79 Å². The van der Waals surface area contributed by atoms with E-state index in [2.05, 4.69) is 41.5 Å². The van der Waals surface area contributed by atoms with Gasteiger partial charge < -0.3 is 5.32 Å². The summed E-state index contributed by atoms with van der Waals surface area (Å²) in [7, 11) is 0. The smallest absolute Gasteiger partial charge is 0.223 e. The highest BCUT2D eigenvalue weighted by atomic mass is 32.1. The van der Waals surface area contributed by atoms with Crippen LogP contribution in [0.3, 0.4) is 0 Å². The molecule has 2 rings (SSSR count). The Balaban J connectivity index is 1.89. The van der Waals surface area contributed by atoms with Crippen molar-refractivity contribution in [3.8, 4) is 10.4 Å². The number of nitrogens with one attached hydrogen (secondary N) is 1. The number of benzene rings is 1. The molecule has 0 aliphatic rings. The van der Waals surface area contributed by atoms with Gasteiger partial charge in [0.25, 0.3) is 0 Å². The molecular weight excluding hydrogens is 292 g/mol. The van der Waals surface area contributed by atoms with Crippen molar-refractivity contribution in [2.45, 2.75) is 46.6 Å². The van der Waals surface area contributed by atoms with Crippen LogP contribution in [-0.2, 0) is 11.3 Å². The number of amides is 1. The summed E-state index contributed by atoms with van der Waals surface area (Å²) in [6.45, 7) is 6.77. The first-order valence-corrected chi connectivity index (χ1v) is 8.77. The molecule has 0 bridgehead atoms. The van der Waals surface area contributed by atoms with E-state index in [1.165, 1.54) is 10.4 Å². The van der Waals surface area contributed by atoms with Gasteiger partial charge in [0.15, 0.2) is 0 Å². The zero-order valence-electron chi connectivity index (χ0n) is 13.6. The lowest BCUT2D eigenvalue weighted by Crippen LogP contribution is -2.28. The van der Waals surface area contributed by atoms with Gasteiger partial charge >= 0.3 is 0 Å². The summed E-state index contributed by atoms with van der Waals surface area (Å²) in [5.74, 6) is 0.245. The first-order valence-electron chi connectivity index (χ1n) is 7.89. The summed E-state index contributed by atoms with van der Waals surface area (Å²) < 4.78 is 0. The van der Waals surface area contributed by atoms with Gasteiger partial charge in [0.05, 0.1) is 16.1 Å². The lowest BCUT2D eigenvalue weighted by atomic mass is 10.0. The zero-order chi connectivity index (χ0) is 15.9. The van der Waals surface area contributed by atoms with Crippen molar-refractivity contribution >= 4 is 17.2 Å². The van der Waals surface area contributed by atoms with E-state index in [1.54, 1.807) is 11.3 Å². The van der Waals surface area contributed by atoms with Crippen LogP contribution in [0, 0.1) is 12.8 Å². The average Bonchev–Trinajstić information content (AvgIpc) is 2.96. The lowest BCUT2D eigenvalue weighted by Gasteiger charge is -2.12. The molecule has 0 radical (unpaired) electrons. The molecule has 0 fully saturated rings. The largest absolute Gasteiger partial charge is 0.352 e. The van der Waals surface area contributed by atoms with Gasteiger partial charge in [-0.1, -0.05) is 51.0 Å². The molecule has 1 N–H and O–H groups in total. The fourth-order valence-corrected chi connectivity index (χ4v) is 3.17. The van der Waals surface area contributed by atoms with Crippen LogP contribution in [0.15, 0.2) is 29.8 Å². The van der Waals surface area contributed by atoms with E-state index in [9.17, 15) is 4.79 Å². The molecule has 0 saturated heterocycles. The second-order valence-electron chi connectivity index (χ2n) is 5.72. The Morgan fingerprint density at radius 1 is 1.32 bits per heavy atom. The van der Waals surface area contributed by atoms with Crippen LogP contribution in [0.4, 0.5) is 0 Å². The van der Waals surface area contributed by atoms with E-state index in [1.807, 2.05) is 19.4 Å². The third-order valence-electron chi connectivity index (χ3n) is 3.87. The number of carbonyl (C=O) groups is 1. The summed E-state index contributed by atoms with van der Waals surface area (Å²) in [5.41, 5.74) is 5.25. The number of hydrogen-bond acceptors (Lipinski definition) is 3. The van der Waals surface area contributed by atoms with Crippen LogP contribution < -0.4 is 5.32 Å². The Morgan fingerprint density at radius 3 is 2.64 bits per heavy atom. The average molecular weight is 316 g/mol. The van der Waals surface area contributed by atoms with E-state index in [0.717, 1.165) is 30.5 Å². The number of hydrogen-bond donors (Lipinski definition) is 1. The van der Waals surface area contributed by atoms with E-state index in [-0.39, 0.29) is 11.8 Å². The number of nitrogens with zero attached hydrogens (tertiary/aromatic N) is 1. The summed E-state index contributed by atoms with van der Waals surface area (Å²) in [4.78, 5) is 17.5. The molecule has 118 valence electrons. The van der Waals surface area contributed by atoms with Crippen molar-refractivity contribution in [2.75, 3.05) is 0 Å². The monoisotopic (exact) mass is 316 g/mol. The summed E-state index contributed by atoms with van der Waals surface area (Å²) in [5, 5.41) is 3.02. The van der Waals surface area contributed by atoms with Gasteiger partial charge in [-0.3, -0.25) is 4.79 Å². The molecule has 4 heteroatoms. The Labute approximate surface area is 136 Å². The lowest BCUT2D eigenvalue weighted by molar-refractivity contribution is -0.124. The van der Waals surface area contributed by atoms with E-state index in [0.29, 0.717) is 6.54 Å². The third kappa shape index (κ3) is 4.41. The number of thiazole rings is 1. The highest BCUT2D eigenvalue weighted by Crippen LogP contribution is 2.27. The van der Waals surface area contributed by atoms with Gasteiger partial charge in [-0.05, 0) is 24.5 Å². The van der Waals surface area contributed by atoms with E-state index < -0.39 is 0 Å². The number of rotatable bonds is 7. The minimum Gasteiger partial charge on any atom is -0.352 e. The highest BCUT2D eigenvalue weighted by Gasteiger charge is 2.11. The van der Waals surface area contributed by atoms with Crippen molar-refractivity contribution in [1.29, 1.82) is 0 Å². The number of aromatic nitrogens is 1. The molecular formula is C18H24N2OS. The molecule has 1 heterocycles.